The quantitative estimate of drug-likeness (QED) is 0.521. The van der Waals surface area contributed by atoms with Crippen molar-refractivity contribution >= 4 is 0 Å². The Morgan fingerprint density at radius 3 is 2.80 bits per heavy atom. The van der Waals surface area contributed by atoms with Crippen molar-refractivity contribution in [3.05, 3.63) is 17.5 Å². The molecule has 2 heteroatoms. The first-order valence-electron chi connectivity index (χ1n) is 3.11. The number of nitrogens with zero attached hydrogens (tertiary/aromatic N) is 2. The van der Waals surface area contributed by atoms with Crippen LogP contribution < -0.4 is 0 Å². The molecule has 2 nitrogen and oxygen atoms in total. The molecule has 0 atom stereocenters. The van der Waals surface area contributed by atoms with Gasteiger partial charge in [0.2, 0.25) is 0 Å². The Bertz CT molecular complexity index is 265. The van der Waals surface area contributed by atoms with Gasteiger partial charge in [0, 0.05) is 5.69 Å². The first-order valence-corrected chi connectivity index (χ1v) is 3.11. The van der Waals surface area contributed by atoms with Crippen LogP contribution in [0.2, 0.25) is 0 Å². The average molecular weight is 133 g/mol. The standard InChI is InChI=1S/C8H9N2/c1-4-5-10-8(3)7(2)6-9-10/h1H,5H2,2-3H3. The molecule has 1 rings (SSSR count). The molecule has 1 aromatic heterocycles. The summed E-state index contributed by atoms with van der Waals surface area (Å²) < 4.78 is 1.76. The summed E-state index contributed by atoms with van der Waals surface area (Å²) in [6, 6.07) is 0. The summed E-state index contributed by atoms with van der Waals surface area (Å²) in [6.07, 6.45) is 7.95. The minimum atomic E-state index is 0.538. The van der Waals surface area contributed by atoms with Crippen molar-refractivity contribution in [2.75, 3.05) is 0 Å². The summed E-state index contributed by atoms with van der Waals surface area (Å²) >= 11 is 0. The van der Waals surface area contributed by atoms with Crippen LogP contribution >= 0.6 is 0 Å². The van der Waals surface area contributed by atoms with Crippen molar-refractivity contribution in [2.45, 2.75) is 20.4 Å². The van der Waals surface area contributed by atoms with Gasteiger partial charge >= 0.3 is 0 Å². The molecule has 0 unspecified atom stereocenters. The molecule has 0 spiro atoms. The predicted molar refractivity (Wildman–Crippen MR) is 39.4 cm³/mol. The fourth-order valence-electron chi connectivity index (χ4n) is 0.725. The molecule has 0 saturated heterocycles. The lowest BCUT2D eigenvalue weighted by Crippen LogP contribution is -1.99. The van der Waals surface area contributed by atoms with Crippen LogP contribution in [0.4, 0.5) is 0 Å². The number of terminal acetylenes is 1. The summed E-state index contributed by atoms with van der Waals surface area (Å²) in [6.45, 7) is 4.49. The van der Waals surface area contributed by atoms with E-state index in [-0.39, 0.29) is 0 Å². The average Bonchev–Trinajstić information content (AvgIpc) is 2.20. The SMILES string of the molecule is C#CCn1n[c]c(C)c1C. The molecule has 0 aliphatic heterocycles. The first-order chi connectivity index (χ1) is 4.75. The summed E-state index contributed by atoms with van der Waals surface area (Å²) in [5.41, 5.74) is 2.16. The topological polar surface area (TPSA) is 17.8 Å². The zero-order valence-corrected chi connectivity index (χ0v) is 6.18. The molecule has 0 aromatic carbocycles. The smallest absolute Gasteiger partial charge is 0.116 e. The molecule has 0 N–H and O–H groups in total. The van der Waals surface area contributed by atoms with Gasteiger partial charge in [0.15, 0.2) is 0 Å². The molecule has 0 aliphatic rings. The van der Waals surface area contributed by atoms with Gasteiger partial charge in [-0.3, -0.25) is 4.68 Å². The van der Waals surface area contributed by atoms with Crippen molar-refractivity contribution in [1.29, 1.82) is 0 Å². The first kappa shape index (κ1) is 6.88. The van der Waals surface area contributed by atoms with Gasteiger partial charge in [-0.1, -0.05) is 5.92 Å². The summed E-state index contributed by atoms with van der Waals surface area (Å²) in [4.78, 5) is 0. The Morgan fingerprint density at radius 2 is 2.40 bits per heavy atom. The highest BCUT2D eigenvalue weighted by molar-refractivity contribution is 5.12. The second-order valence-corrected chi connectivity index (χ2v) is 2.18. The van der Waals surface area contributed by atoms with Crippen LogP contribution in [-0.4, -0.2) is 9.78 Å². The minimum absolute atomic E-state index is 0.538. The number of hydrogen-bond donors (Lipinski definition) is 0. The number of rotatable bonds is 1. The van der Waals surface area contributed by atoms with E-state index in [0.717, 1.165) is 11.3 Å². The van der Waals surface area contributed by atoms with Crippen molar-refractivity contribution < 1.29 is 0 Å². The molecule has 51 valence electrons. The molecule has 0 saturated carbocycles. The van der Waals surface area contributed by atoms with Crippen LogP contribution in [0.25, 0.3) is 0 Å². The third-order valence-corrected chi connectivity index (χ3v) is 1.51. The highest BCUT2D eigenvalue weighted by Crippen LogP contribution is 2.02. The van der Waals surface area contributed by atoms with Crippen LogP contribution in [-0.2, 0) is 6.54 Å². The molecule has 1 radical (unpaired) electrons. The van der Waals surface area contributed by atoms with E-state index in [4.69, 9.17) is 6.42 Å². The maximum absolute atomic E-state index is 5.11. The monoisotopic (exact) mass is 133 g/mol. The van der Waals surface area contributed by atoms with E-state index in [1.54, 1.807) is 4.68 Å². The van der Waals surface area contributed by atoms with Crippen LogP contribution in [0.3, 0.4) is 0 Å². The molecule has 0 amide bonds. The second kappa shape index (κ2) is 2.57. The third kappa shape index (κ3) is 1.03. The zero-order valence-electron chi connectivity index (χ0n) is 6.18. The molecular weight excluding hydrogens is 124 g/mol. The second-order valence-electron chi connectivity index (χ2n) is 2.18. The lowest BCUT2D eigenvalue weighted by Gasteiger charge is -1.96. The van der Waals surface area contributed by atoms with Crippen LogP contribution in [0.1, 0.15) is 11.3 Å². The van der Waals surface area contributed by atoms with E-state index in [2.05, 4.69) is 17.2 Å². The molecular formula is C8H9N2. The van der Waals surface area contributed by atoms with Gasteiger partial charge in [-0.15, -0.1) is 6.42 Å². The lowest BCUT2D eigenvalue weighted by molar-refractivity contribution is 0.689. The van der Waals surface area contributed by atoms with E-state index in [9.17, 15) is 0 Å². The van der Waals surface area contributed by atoms with E-state index in [0.29, 0.717) is 6.54 Å². The highest BCUT2D eigenvalue weighted by atomic mass is 15.3. The zero-order chi connectivity index (χ0) is 7.56. The Labute approximate surface area is 60.9 Å². The van der Waals surface area contributed by atoms with Gasteiger partial charge in [-0.2, -0.15) is 5.10 Å². The van der Waals surface area contributed by atoms with Crippen LogP contribution in [0.5, 0.6) is 0 Å². The van der Waals surface area contributed by atoms with Gasteiger partial charge in [0.1, 0.15) is 12.7 Å². The largest absolute Gasteiger partial charge is 0.257 e. The molecule has 10 heavy (non-hydrogen) atoms. The summed E-state index contributed by atoms with van der Waals surface area (Å²) in [5.74, 6) is 2.52. The minimum Gasteiger partial charge on any atom is -0.257 e. The third-order valence-electron chi connectivity index (χ3n) is 1.51. The lowest BCUT2D eigenvalue weighted by atomic mass is 10.3. The van der Waals surface area contributed by atoms with Crippen LogP contribution in [0.15, 0.2) is 0 Å². The summed E-state index contributed by atoms with van der Waals surface area (Å²) in [7, 11) is 0. The molecule has 0 aliphatic carbocycles. The molecule has 0 bridgehead atoms. The van der Waals surface area contributed by atoms with Gasteiger partial charge in [-0.05, 0) is 19.4 Å². The number of aryl methyl sites for hydroxylation is 1. The Kier molecular flexibility index (Phi) is 1.77. The fraction of sp³-hybridized carbons (Fsp3) is 0.375. The van der Waals surface area contributed by atoms with Crippen molar-refractivity contribution in [3.63, 3.8) is 0 Å². The maximum atomic E-state index is 5.11. The highest BCUT2D eigenvalue weighted by Gasteiger charge is 1.98. The van der Waals surface area contributed by atoms with Crippen molar-refractivity contribution in [3.8, 4) is 12.3 Å². The summed E-state index contributed by atoms with van der Waals surface area (Å²) in [5, 5.41) is 3.95. The predicted octanol–water partition coefficient (Wildman–Crippen LogP) is 0.933. The normalized spacial score (nSPS) is 9.30. The van der Waals surface area contributed by atoms with Crippen molar-refractivity contribution in [1.82, 2.24) is 9.78 Å². The fourth-order valence-corrected chi connectivity index (χ4v) is 0.725. The number of aromatic nitrogens is 2. The Hall–Kier alpha value is -1.23. The van der Waals surface area contributed by atoms with E-state index < -0.39 is 0 Å². The Balaban J connectivity index is 2.96. The van der Waals surface area contributed by atoms with Gasteiger partial charge < -0.3 is 0 Å². The maximum Gasteiger partial charge on any atom is 0.116 e. The van der Waals surface area contributed by atoms with Crippen molar-refractivity contribution in [2.24, 2.45) is 0 Å². The van der Waals surface area contributed by atoms with E-state index in [1.807, 2.05) is 13.8 Å². The van der Waals surface area contributed by atoms with Gasteiger partial charge in [-0.25, -0.2) is 0 Å². The van der Waals surface area contributed by atoms with Crippen LogP contribution in [0, 0.1) is 32.4 Å². The van der Waals surface area contributed by atoms with Gasteiger partial charge in [0.05, 0.1) is 0 Å². The van der Waals surface area contributed by atoms with Gasteiger partial charge in [0.25, 0.3) is 0 Å². The Morgan fingerprint density at radius 1 is 1.70 bits per heavy atom. The van der Waals surface area contributed by atoms with E-state index >= 15 is 0 Å². The van der Waals surface area contributed by atoms with E-state index in [1.165, 1.54) is 0 Å². The molecule has 0 fully saturated rings. The number of hydrogen-bond acceptors (Lipinski definition) is 1. The molecule has 1 aromatic rings. The molecule has 1 heterocycles.